The summed E-state index contributed by atoms with van der Waals surface area (Å²) in [6.45, 7) is 0. The summed E-state index contributed by atoms with van der Waals surface area (Å²) in [4.78, 5) is 3.88. The SMILES string of the molecule is FC(F)(F)c1ccc2c(Cl)ncc(I)c2c1. The quantitative estimate of drug-likeness (QED) is 0.499. The number of hydrogen-bond donors (Lipinski definition) is 0. The molecule has 0 atom stereocenters. The van der Waals surface area contributed by atoms with Gasteiger partial charge in [0.05, 0.1) is 5.56 Å². The van der Waals surface area contributed by atoms with Crippen molar-refractivity contribution in [1.29, 1.82) is 0 Å². The van der Waals surface area contributed by atoms with Crippen LogP contribution in [0.5, 0.6) is 0 Å². The second-order valence-corrected chi connectivity index (χ2v) is 4.68. The highest BCUT2D eigenvalue weighted by atomic mass is 127. The zero-order valence-corrected chi connectivity index (χ0v) is 10.6. The predicted molar refractivity (Wildman–Crippen MR) is 64.5 cm³/mol. The average molecular weight is 358 g/mol. The summed E-state index contributed by atoms with van der Waals surface area (Å²) < 4.78 is 38.1. The van der Waals surface area contributed by atoms with Crippen molar-refractivity contribution >= 4 is 45.0 Å². The minimum absolute atomic E-state index is 0.212. The molecule has 2 aromatic rings. The summed E-state index contributed by atoms with van der Waals surface area (Å²) in [5.41, 5.74) is -0.680. The fourth-order valence-electron chi connectivity index (χ4n) is 1.35. The molecule has 84 valence electrons. The highest BCUT2D eigenvalue weighted by Crippen LogP contribution is 2.34. The van der Waals surface area contributed by atoms with E-state index in [0.29, 0.717) is 14.3 Å². The summed E-state index contributed by atoms with van der Waals surface area (Å²) in [6.07, 6.45) is -2.89. The lowest BCUT2D eigenvalue weighted by Gasteiger charge is -2.09. The Balaban J connectivity index is 2.76. The van der Waals surface area contributed by atoms with E-state index < -0.39 is 11.7 Å². The van der Waals surface area contributed by atoms with Crippen molar-refractivity contribution in [2.45, 2.75) is 6.18 Å². The van der Waals surface area contributed by atoms with Gasteiger partial charge in [0.25, 0.3) is 0 Å². The van der Waals surface area contributed by atoms with Gasteiger partial charge in [-0.2, -0.15) is 13.2 Å². The summed E-state index contributed by atoms with van der Waals surface area (Å²) in [6, 6.07) is 3.44. The number of hydrogen-bond acceptors (Lipinski definition) is 1. The third-order valence-corrected chi connectivity index (χ3v) is 3.28. The Morgan fingerprint density at radius 3 is 2.50 bits per heavy atom. The monoisotopic (exact) mass is 357 g/mol. The smallest absolute Gasteiger partial charge is 0.243 e. The van der Waals surface area contributed by atoms with E-state index in [-0.39, 0.29) is 5.15 Å². The van der Waals surface area contributed by atoms with Crippen LogP contribution in [0.4, 0.5) is 13.2 Å². The van der Waals surface area contributed by atoms with Gasteiger partial charge in [-0.25, -0.2) is 4.98 Å². The lowest BCUT2D eigenvalue weighted by atomic mass is 10.1. The van der Waals surface area contributed by atoms with Gasteiger partial charge in [-0.15, -0.1) is 0 Å². The molecular weight excluding hydrogens is 353 g/mol. The van der Waals surface area contributed by atoms with E-state index in [1.54, 1.807) is 0 Å². The molecule has 16 heavy (non-hydrogen) atoms. The van der Waals surface area contributed by atoms with E-state index in [9.17, 15) is 13.2 Å². The molecule has 1 heterocycles. The molecule has 1 aromatic carbocycles. The molecule has 1 nitrogen and oxygen atoms in total. The standard InChI is InChI=1S/C10H4ClF3IN/c11-9-6-2-1-5(10(12,13)14)3-7(6)8(15)4-16-9/h1-4H. The molecule has 6 heteroatoms. The number of halogens is 5. The van der Waals surface area contributed by atoms with Crippen LogP contribution in [0, 0.1) is 3.57 Å². The van der Waals surface area contributed by atoms with E-state index >= 15 is 0 Å². The maximum Gasteiger partial charge on any atom is 0.416 e. The first-order valence-electron chi connectivity index (χ1n) is 4.20. The molecule has 0 amide bonds. The Labute approximate surface area is 108 Å². The Bertz CT molecular complexity index is 553. The molecule has 0 saturated heterocycles. The van der Waals surface area contributed by atoms with Crippen molar-refractivity contribution in [3.8, 4) is 0 Å². The van der Waals surface area contributed by atoms with E-state index in [1.165, 1.54) is 12.3 Å². The fourth-order valence-corrected chi connectivity index (χ4v) is 2.15. The van der Waals surface area contributed by atoms with Crippen molar-refractivity contribution in [2.75, 3.05) is 0 Å². The number of benzene rings is 1. The zero-order valence-electron chi connectivity index (χ0n) is 7.65. The molecule has 0 N–H and O–H groups in total. The van der Waals surface area contributed by atoms with Gasteiger partial charge in [0.1, 0.15) is 5.15 Å². The normalized spacial score (nSPS) is 12.1. The lowest BCUT2D eigenvalue weighted by molar-refractivity contribution is -0.137. The summed E-state index contributed by atoms with van der Waals surface area (Å²) in [5, 5.41) is 1.21. The van der Waals surface area contributed by atoms with Gasteiger partial charge in [0.15, 0.2) is 0 Å². The summed E-state index contributed by atoms with van der Waals surface area (Å²) in [5.74, 6) is 0. The van der Waals surface area contributed by atoms with E-state index in [4.69, 9.17) is 11.6 Å². The van der Waals surface area contributed by atoms with Gasteiger partial charge in [-0.05, 0) is 34.7 Å². The minimum atomic E-state index is -4.34. The van der Waals surface area contributed by atoms with Crippen molar-refractivity contribution in [3.63, 3.8) is 0 Å². The number of aromatic nitrogens is 1. The van der Waals surface area contributed by atoms with Gasteiger partial charge < -0.3 is 0 Å². The first-order chi connectivity index (χ1) is 7.39. The lowest BCUT2D eigenvalue weighted by Crippen LogP contribution is -2.04. The number of alkyl halides is 3. The summed E-state index contributed by atoms with van der Waals surface area (Å²) >= 11 is 7.73. The molecule has 0 aliphatic rings. The number of nitrogens with zero attached hydrogens (tertiary/aromatic N) is 1. The van der Waals surface area contributed by atoms with Crippen LogP contribution >= 0.6 is 34.2 Å². The maximum absolute atomic E-state index is 12.5. The van der Waals surface area contributed by atoms with Gasteiger partial charge >= 0.3 is 6.18 Å². The molecule has 0 radical (unpaired) electrons. The molecular formula is C10H4ClF3IN. The second kappa shape index (κ2) is 4.03. The Morgan fingerprint density at radius 1 is 1.19 bits per heavy atom. The largest absolute Gasteiger partial charge is 0.416 e. The Kier molecular flexibility index (Phi) is 3.00. The molecule has 2 rings (SSSR count). The zero-order chi connectivity index (χ0) is 11.9. The van der Waals surface area contributed by atoms with Crippen molar-refractivity contribution in [2.24, 2.45) is 0 Å². The van der Waals surface area contributed by atoms with Crippen LogP contribution in [0.25, 0.3) is 10.8 Å². The van der Waals surface area contributed by atoms with Crippen LogP contribution < -0.4 is 0 Å². The average Bonchev–Trinajstić information content (AvgIpc) is 2.22. The van der Waals surface area contributed by atoms with Gasteiger partial charge in [-0.3, -0.25) is 0 Å². The number of fused-ring (bicyclic) bond motifs is 1. The van der Waals surface area contributed by atoms with Crippen LogP contribution in [0.2, 0.25) is 5.15 Å². The van der Waals surface area contributed by atoms with Crippen molar-refractivity contribution in [3.05, 3.63) is 38.7 Å². The number of pyridine rings is 1. The molecule has 1 aromatic heterocycles. The van der Waals surface area contributed by atoms with Crippen LogP contribution in [0.3, 0.4) is 0 Å². The predicted octanol–water partition coefficient (Wildman–Crippen LogP) is 4.51. The van der Waals surface area contributed by atoms with Crippen LogP contribution in [0.1, 0.15) is 5.56 Å². The van der Waals surface area contributed by atoms with E-state index in [0.717, 1.165) is 12.1 Å². The topological polar surface area (TPSA) is 12.9 Å². The van der Waals surface area contributed by atoms with Gasteiger partial charge in [0, 0.05) is 20.5 Å². The third kappa shape index (κ3) is 2.10. The molecule has 0 unspecified atom stereocenters. The van der Waals surface area contributed by atoms with E-state index in [2.05, 4.69) is 4.98 Å². The second-order valence-electron chi connectivity index (χ2n) is 3.16. The molecule has 0 saturated carbocycles. The highest BCUT2D eigenvalue weighted by molar-refractivity contribution is 14.1. The molecule has 0 fully saturated rings. The molecule has 0 bridgehead atoms. The van der Waals surface area contributed by atoms with E-state index in [1.807, 2.05) is 22.6 Å². The molecule has 0 aliphatic carbocycles. The number of rotatable bonds is 0. The fraction of sp³-hybridized carbons (Fsp3) is 0.100. The molecule has 0 aliphatic heterocycles. The maximum atomic E-state index is 12.5. The van der Waals surface area contributed by atoms with Crippen LogP contribution in [-0.4, -0.2) is 4.98 Å². The molecule has 0 spiro atoms. The summed E-state index contributed by atoms with van der Waals surface area (Å²) in [7, 11) is 0. The van der Waals surface area contributed by atoms with Crippen LogP contribution in [0.15, 0.2) is 24.4 Å². The minimum Gasteiger partial charge on any atom is -0.243 e. The highest BCUT2D eigenvalue weighted by Gasteiger charge is 2.30. The Hall–Kier alpha value is -0.560. The first-order valence-corrected chi connectivity index (χ1v) is 5.66. The van der Waals surface area contributed by atoms with Crippen molar-refractivity contribution in [1.82, 2.24) is 4.98 Å². The van der Waals surface area contributed by atoms with Crippen molar-refractivity contribution < 1.29 is 13.2 Å². The third-order valence-electron chi connectivity index (χ3n) is 2.12. The van der Waals surface area contributed by atoms with Crippen LogP contribution in [-0.2, 0) is 6.18 Å². The van der Waals surface area contributed by atoms with Gasteiger partial charge in [-0.1, -0.05) is 17.7 Å². The Morgan fingerprint density at radius 2 is 1.88 bits per heavy atom. The first kappa shape index (κ1) is 11.9. The van der Waals surface area contributed by atoms with Gasteiger partial charge in [0.2, 0.25) is 0 Å².